The molecule has 2 saturated carbocycles. The van der Waals surface area contributed by atoms with Crippen molar-refractivity contribution in [3.63, 3.8) is 0 Å². The number of aliphatic carboxylic acids is 1. The Morgan fingerprint density at radius 2 is 1.57 bits per heavy atom. The van der Waals surface area contributed by atoms with Crippen LogP contribution in [0.5, 0.6) is 0 Å². The average molecular weight is 295 g/mol. The number of carboxylic acids is 1. The lowest BCUT2D eigenvalue weighted by atomic mass is 9.71. The van der Waals surface area contributed by atoms with Crippen molar-refractivity contribution in [3.05, 3.63) is 0 Å². The maximum atomic E-state index is 11.0. The van der Waals surface area contributed by atoms with Crippen LogP contribution in [0.4, 0.5) is 0 Å². The van der Waals surface area contributed by atoms with E-state index in [1.165, 1.54) is 25.7 Å². The minimum atomic E-state index is -0.595. The first-order valence-corrected chi connectivity index (χ1v) is 8.82. The maximum absolute atomic E-state index is 11.0. The van der Waals surface area contributed by atoms with E-state index in [1.54, 1.807) is 0 Å². The van der Waals surface area contributed by atoms with E-state index >= 15 is 0 Å². The molecule has 0 unspecified atom stereocenters. The first kappa shape index (κ1) is 16.8. The average Bonchev–Trinajstić information content (AvgIpc) is 2.45. The van der Waals surface area contributed by atoms with Gasteiger partial charge in [0, 0.05) is 6.04 Å². The highest BCUT2D eigenvalue weighted by Gasteiger charge is 2.30. The van der Waals surface area contributed by atoms with Gasteiger partial charge in [-0.15, -0.1) is 0 Å². The summed E-state index contributed by atoms with van der Waals surface area (Å²) >= 11 is 0. The first-order chi connectivity index (χ1) is 9.86. The molecule has 0 amide bonds. The Morgan fingerprint density at radius 1 is 1.00 bits per heavy atom. The van der Waals surface area contributed by atoms with Gasteiger partial charge in [-0.25, -0.2) is 0 Å². The molecule has 0 heterocycles. The van der Waals surface area contributed by atoms with E-state index in [0.717, 1.165) is 38.1 Å². The zero-order valence-electron chi connectivity index (χ0n) is 14.0. The molecule has 0 aliphatic heterocycles. The molecule has 2 rings (SSSR count). The van der Waals surface area contributed by atoms with Crippen LogP contribution in [0.15, 0.2) is 0 Å². The summed E-state index contributed by atoms with van der Waals surface area (Å²) in [5.74, 6) is 0.896. The quantitative estimate of drug-likeness (QED) is 0.822. The Balaban J connectivity index is 1.63. The molecule has 0 aromatic heterocycles. The second-order valence-corrected chi connectivity index (χ2v) is 8.38. The van der Waals surface area contributed by atoms with Gasteiger partial charge in [-0.2, -0.15) is 0 Å². The van der Waals surface area contributed by atoms with Gasteiger partial charge in [0.25, 0.3) is 0 Å². The third-order valence-corrected chi connectivity index (χ3v) is 5.84. The summed E-state index contributed by atoms with van der Waals surface area (Å²) in [5, 5.41) is 12.8. The van der Waals surface area contributed by atoms with Crippen molar-refractivity contribution >= 4 is 5.97 Å². The SMILES string of the molecule is CC(C)(C)C1CCC(NCC2CCC(C(=O)O)CC2)CC1. The summed E-state index contributed by atoms with van der Waals surface area (Å²) in [6, 6.07) is 0.695. The van der Waals surface area contributed by atoms with E-state index in [0.29, 0.717) is 17.4 Å². The predicted molar refractivity (Wildman–Crippen MR) is 86.3 cm³/mol. The molecule has 0 saturated heterocycles. The van der Waals surface area contributed by atoms with Crippen LogP contribution in [0.1, 0.15) is 72.1 Å². The number of carboxylic acid groups (broad SMARTS) is 1. The van der Waals surface area contributed by atoms with E-state index in [-0.39, 0.29) is 5.92 Å². The molecule has 0 aromatic carbocycles. The van der Waals surface area contributed by atoms with Crippen LogP contribution in [0.2, 0.25) is 0 Å². The minimum absolute atomic E-state index is 0.0801. The first-order valence-electron chi connectivity index (χ1n) is 8.82. The lowest BCUT2D eigenvalue weighted by Crippen LogP contribution is -2.39. The van der Waals surface area contributed by atoms with Crippen LogP contribution in [0.25, 0.3) is 0 Å². The van der Waals surface area contributed by atoms with Gasteiger partial charge in [-0.1, -0.05) is 20.8 Å². The van der Waals surface area contributed by atoms with Gasteiger partial charge >= 0.3 is 5.97 Å². The van der Waals surface area contributed by atoms with Gasteiger partial charge in [0.1, 0.15) is 0 Å². The van der Waals surface area contributed by atoms with Crippen molar-refractivity contribution < 1.29 is 9.90 Å². The number of rotatable bonds is 4. The molecule has 0 atom stereocenters. The molecular weight excluding hydrogens is 262 g/mol. The number of hydrogen-bond donors (Lipinski definition) is 2. The van der Waals surface area contributed by atoms with Crippen LogP contribution in [-0.2, 0) is 4.79 Å². The number of carbonyl (C=O) groups is 1. The highest BCUT2D eigenvalue weighted by molar-refractivity contribution is 5.69. The Bertz CT molecular complexity index is 332. The van der Waals surface area contributed by atoms with Crippen LogP contribution in [0.3, 0.4) is 0 Å². The van der Waals surface area contributed by atoms with Crippen molar-refractivity contribution in [2.75, 3.05) is 6.54 Å². The summed E-state index contributed by atoms with van der Waals surface area (Å²) in [5.41, 5.74) is 0.459. The fraction of sp³-hybridized carbons (Fsp3) is 0.944. The van der Waals surface area contributed by atoms with E-state index in [1.807, 2.05) is 0 Å². The summed E-state index contributed by atoms with van der Waals surface area (Å²) in [4.78, 5) is 11.0. The van der Waals surface area contributed by atoms with Gasteiger partial charge in [0.2, 0.25) is 0 Å². The Hall–Kier alpha value is -0.570. The molecule has 21 heavy (non-hydrogen) atoms. The third kappa shape index (κ3) is 4.98. The molecular formula is C18H33NO2. The highest BCUT2D eigenvalue weighted by atomic mass is 16.4. The monoisotopic (exact) mass is 295 g/mol. The Kier molecular flexibility index (Phi) is 5.70. The van der Waals surface area contributed by atoms with E-state index in [2.05, 4.69) is 26.1 Å². The molecule has 2 aliphatic carbocycles. The molecule has 0 bridgehead atoms. The molecule has 2 N–H and O–H groups in total. The normalized spacial score (nSPS) is 34.6. The highest BCUT2D eigenvalue weighted by Crippen LogP contribution is 2.38. The smallest absolute Gasteiger partial charge is 0.306 e. The maximum Gasteiger partial charge on any atom is 0.306 e. The molecule has 2 aliphatic rings. The van der Waals surface area contributed by atoms with Crippen molar-refractivity contribution in [2.45, 2.75) is 78.2 Å². The predicted octanol–water partition coefficient (Wildman–Crippen LogP) is 4.07. The second-order valence-electron chi connectivity index (χ2n) is 8.38. The summed E-state index contributed by atoms with van der Waals surface area (Å²) in [7, 11) is 0. The van der Waals surface area contributed by atoms with Gasteiger partial charge in [-0.05, 0) is 75.2 Å². The van der Waals surface area contributed by atoms with E-state index < -0.39 is 5.97 Å². The molecule has 2 fully saturated rings. The molecule has 3 nitrogen and oxygen atoms in total. The summed E-state index contributed by atoms with van der Waals surface area (Å²) in [6.07, 6.45) is 9.25. The van der Waals surface area contributed by atoms with Crippen LogP contribution < -0.4 is 5.32 Å². The van der Waals surface area contributed by atoms with Crippen LogP contribution in [-0.4, -0.2) is 23.7 Å². The Labute approximate surface area is 129 Å². The van der Waals surface area contributed by atoms with Crippen molar-refractivity contribution in [1.29, 1.82) is 0 Å². The van der Waals surface area contributed by atoms with Gasteiger partial charge in [0.05, 0.1) is 5.92 Å². The Morgan fingerprint density at radius 3 is 2.05 bits per heavy atom. The van der Waals surface area contributed by atoms with Gasteiger partial charge in [0.15, 0.2) is 0 Å². The molecule has 0 radical (unpaired) electrons. The number of hydrogen-bond acceptors (Lipinski definition) is 2. The minimum Gasteiger partial charge on any atom is -0.481 e. The third-order valence-electron chi connectivity index (χ3n) is 5.84. The van der Waals surface area contributed by atoms with Crippen LogP contribution >= 0.6 is 0 Å². The molecule has 3 heteroatoms. The standard InChI is InChI=1S/C18H33NO2/c1-18(2,3)15-8-10-16(11-9-15)19-12-13-4-6-14(7-5-13)17(20)21/h13-16,19H,4-12H2,1-3H3,(H,20,21). The number of nitrogens with one attached hydrogen (secondary N) is 1. The van der Waals surface area contributed by atoms with Gasteiger partial charge in [-0.3, -0.25) is 4.79 Å². The fourth-order valence-corrected chi connectivity index (χ4v) is 4.11. The topological polar surface area (TPSA) is 49.3 Å². The summed E-state index contributed by atoms with van der Waals surface area (Å²) in [6.45, 7) is 8.20. The molecule has 122 valence electrons. The zero-order valence-corrected chi connectivity index (χ0v) is 14.0. The fourth-order valence-electron chi connectivity index (χ4n) is 4.11. The summed E-state index contributed by atoms with van der Waals surface area (Å²) < 4.78 is 0. The van der Waals surface area contributed by atoms with Gasteiger partial charge < -0.3 is 10.4 Å². The van der Waals surface area contributed by atoms with E-state index in [9.17, 15) is 4.79 Å². The lowest BCUT2D eigenvalue weighted by Gasteiger charge is -2.38. The van der Waals surface area contributed by atoms with Crippen molar-refractivity contribution in [2.24, 2.45) is 23.2 Å². The second kappa shape index (κ2) is 7.13. The molecule has 0 spiro atoms. The zero-order chi connectivity index (χ0) is 15.5. The van der Waals surface area contributed by atoms with E-state index in [4.69, 9.17) is 5.11 Å². The van der Waals surface area contributed by atoms with Crippen molar-refractivity contribution in [3.8, 4) is 0 Å². The van der Waals surface area contributed by atoms with Crippen LogP contribution in [0, 0.1) is 23.2 Å². The molecule has 0 aromatic rings. The van der Waals surface area contributed by atoms with Crippen molar-refractivity contribution in [1.82, 2.24) is 5.32 Å². The lowest BCUT2D eigenvalue weighted by molar-refractivity contribution is -0.143. The largest absolute Gasteiger partial charge is 0.481 e.